The van der Waals surface area contributed by atoms with Gasteiger partial charge in [-0.3, -0.25) is 14.5 Å². The second-order valence-electron chi connectivity index (χ2n) is 4.65. The molecule has 18 heavy (non-hydrogen) atoms. The molecule has 0 spiro atoms. The van der Waals surface area contributed by atoms with E-state index >= 15 is 0 Å². The Balaban J connectivity index is 2.56. The molecule has 100 valence electrons. The Hall–Kier alpha value is -1.85. The van der Waals surface area contributed by atoms with Gasteiger partial charge in [-0.1, -0.05) is 19.9 Å². The van der Waals surface area contributed by atoms with E-state index in [1.807, 2.05) is 13.8 Å². The lowest BCUT2D eigenvalue weighted by Gasteiger charge is -2.13. The maximum Gasteiger partial charge on any atom is 0.325 e. The van der Waals surface area contributed by atoms with Crippen LogP contribution in [0.2, 0.25) is 0 Å². The van der Waals surface area contributed by atoms with Gasteiger partial charge in [0.1, 0.15) is 12.6 Å². The lowest BCUT2D eigenvalue weighted by atomic mass is 10.0. The lowest BCUT2D eigenvalue weighted by molar-refractivity contribution is -0.132. The van der Waals surface area contributed by atoms with E-state index in [1.54, 1.807) is 0 Å². The van der Waals surface area contributed by atoms with Gasteiger partial charge in [-0.2, -0.15) is 0 Å². The molecule has 0 aromatic heterocycles. The van der Waals surface area contributed by atoms with Crippen molar-refractivity contribution in [2.24, 2.45) is 5.92 Å². The van der Waals surface area contributed by atoms with Crippen LogP contribution in [0.5, 0.6) is 0 Å². The highest BCUT2D eigenvalue weighted by Crippen LogP contribution is 2.13. The minimum atomic E-state index is -0.510. The molecule has 0 bridgehead atoms. The minimum Gasteiger partial charge on any atom is -0.351 e. The Morgan fingerprint density at radius 2 is 2.22 bits per heavy atom. The molecule has 2 N–H and O–H groups in total. The van der Waals surface area contributed by atoms with Crippen LogP contribution >= 0.6 is 0 Å². The van der Waals surface area contributed by atoms with Crippen LogP contribution in [0.4, 0.5) is 4.79 Å². The summed E-state index contributed by atoms with van der Waals surface area (Å²) in [7, 11) is 0. The van der Waals surface area contributed by atoms with E-state index in [0.29, 0.717) is 18.9 Å². The SMILES string of the molecule is C=CCNC(=O)CN1C(=O)N[C@H](CC(C)C)C1=O. The van der Waals surface area contributed by atoms with Gasteiger partial charge in [0.2, 0.25) is 5.91 Å². The van der Waals surface area contributed by atoms with Crippen LogP contribution in [0.25, 0.3) is 0 Å². The number of carbonyl (C=O) groups excluding carboxylic acids is 3. The summed E-state index contributed by atoms with van der Waals surface area (Å²) in [5.74, 6) is -0.403. The molecule has 0 saturated carbocycles. The Labute approximate surface area is 106 Å². The number of hydrogen-bond donors (Lipinski definition) is 2. The van der Waals surface area contributed by atoms with Crippen LogP contribution in [0.1, 0.15) is 20.3 Å². The van der Waals surface area contributed by atoms with Gasteiger partial charge in [0.05, 0.1) is 0 Å². The van der Waals surface area contributed by atoms with Crippen molar-refractivity contribution in [2.45, 2.75) is 26.3 Å². The first kappa shape index (κ1) is 14.2. The summed E-state index contributed by atoms with van der Waals surface area (Å²) in [6.07, 6.45) is 2.11. The molecule has 6 nitrogen and oxygen atoms in total. The Bertz CT molecular complexity index is 366. The average Bonchev–Trinajstić information content (AvgIpc) is 2.53. The molecule has 0 radical (unpaired) electrons. The van der Waals surface area contributed by atoms with Crippen molar-refractivity contribution in [1.82, 2.24) is 15.5 Å². The van der Waals surface area contributed by atoms with Crippen LogP contribution < -0.4 is 10.6 Å². The smallest absolute Gasteiger partial charge is 0.325 e. The lowest BCUT2D eigenvalue weighted by Crippen LogP contribution is -2.41. The molecule has 6 heteroatoms. The third-order valence-electron chi connectivity index (χ3n) is 2.56. The second-order valence-corrected chi connectivity index (χ2v) is 4.65. The molecule has 4 amide bonds. The Kier molecular flexibility index (Phi) is 4.88. The maximum absolute atomic E-state index is 11.9. The summed E-state index contributed by atoms with van der Waals surface area (Å²) in [6, 6.07) is -1.01. The van der Waals surface area contributed by atoms with Crippen molar-refractivity contribution in [2.75, 3.05) is 13.1 Å². The highest BCUT2D eigenvalue weighted by Gasteiger charge is 2.38. The largest absolute Gasteiger partial charge is 0.351 e. The summed E-state index contributed by atoms with van der Waals surface area (Å²) < 4.78 is 0. The van der Waals surface area contributed by atoms with E-state index in [2.05, 4.69) is 17.2 Å². The summed E-state index contributed by atoms with van der Waals surface area (Å²) in [5, 5.41) is 5.11. The number of amides is 4. The molecule has 0 aromatic carbocycles. The fourth-order valence-corrected chi connectivity index (χ4v) is 1.74. The summed E-state index contributed by atoms with van der Waals surface area (Å²) in [6.45, 7) is 7.48. The molecule has 0 aromatic rings. The molecule has 1 rings (SSSR count). The average molecular weight is 253 g/mol. The molecule has 1 fully saturated rings. The van der Waals surface area contributed by atoms with Gasteiger partial charge in [-0.25, -0.2) is 4.79 Å². The molecule has 1 atom stereocenters. The third-order valence-corrected chi connectivity index (χ3v) is 2.56. The van der Waals surface area contributed by atoms with E-state index in [4.69, 9.17) is 0 Å². The normalized spacial score (nSPS) is 19.1. The molecular weight excluding hydrogens is 234 g/mol. The summed E-state index contributed by atoms with van der Waals surface area (Å²) in [5.41, 5.74) is 0. The van der Waals surface area contributed by atoms with Gasteiger partial charge in [-0.15, -0.1) is 6.58 Å². The van der Waals surface area contributed by atoms with Crippen molar-refractivity contribution >= 4 is 17.8 Å². The topological polar surface area (TPSA) is 78.5 Å². The highest BCUT2D eigenvalue weighted by molar-refractivity contribution is 6.06. The number of imide groups is 1. The maximum atomic E-state index is 11.9. The molecule has 0 aliphatic carbocycles. The second kappa shape index (κ2) is 6.18. The number of carbonyl (C=O) groups is 3. The summed E-state index contributed by atoms with van der Waals surface area (Å²) >= 11 is 0. The first-order chi connectivity index (χ1) is 8.45. The van der Waals surface area contributed by atoms with Crippen LogP contribution in [-0.4, -0.2) is 41.9 Å². The Morgan fingerprint density at radius 3 is 2.78 bits per heavy atom. The first-order valence-electron chi connectivity index (χ1n) is 5.95. The minimum absolute atomic E-state index is 0.243. The fraction of sp³-hybridized carbons (Fsp3) is 0.583. The van der Waals surface area contributed by atoms with E-state index < -0.39 is 12.1 Å². The Morgan fingerprint density at radius 1 is 1.56 bits per heavy atom. The molecule has 0 unspecified atom stereocenters. The van der Waals surface area contributed by atoms with Crippen LogP contribution in [0.15, 0.2) is 12.7 Å². The number of nitrogens with one attached hydrogen (secondary N) is 2. The van der Waals surface area contributed by atoms with E-state index in [1.165, 1.54) is 6.08 Å². The monoisotopic (exact) mass is 253 g/mol. The fourth-order valence-electron chi connectivity index (χ4n) is 1.74. The van der Waals surface area contributed by atoms with Gasteiger partial charge >= 0.3 is 6.03 Å². The van der Waals surface area contributed by atoms with Crippen molar-refractivity contribution < 1.29 is 14.4 Å². The van der Waals surface area contributed by atoms with Gasteiger partial charge in [0.25, 0.3) is 5.91 Å². The molecular formula is C12H19N3O3. The number of nitrogens with zero attached hydrogens (tertiary/aromatic N) is 1. The van der Waals surface area contributed by atoms with E-state index in [-0.39, 0.29) is 18.4 Å². The van der Waals surface area contributed by atoms with Crippen LogP contribution in [0, 0.1) is 5.92 Å². The zero-order valence-electron chi connectivity index (χ0n) is 10.7. The molecule has 1 heterocycles. The zero-order chi connectivity index (χ0) is 13.7. The highest BCUT2D eigenvalue weighted by atomic mass is 16.2. The number of urea groups is 1. The predicted molar refractivity (Wildman–Crippen MR) is 66.7 cm³/mol. The van der Waals surface area contributed by atoms with Gasteiger partial charge in [0, 0.05) is 6.54 Å². The standard InChI is InChI=1S/C12H19N3O3/c1-4-5-13-10(16)7-15-11(17)9(6-8(2)3)14-12(15)18/h4,8-9H,1,5-7H2,2-3H3,(H,13,16)(H,14,18)/t9-/m1/s1. The van der Waals surface area contributed by atoms with Gasteiger partial charge in [0.15, 0.2) is 0 Å². The van der Waals surface area contributed by atoms with Crippen LogP contribution in [-0.2, 0) is 9.59 Å². The van der Waals surface area contributed by atoms with Gasteiger partial charge < -0.3 is 10.6 Å². The van der Waals surface area contributed by atoms with Crippen molar-refractivity contribution in [3.63, 3.8) is 0 Å². The van der Waals surface area contributed by atoms with Crippen molar-refractivity contribution in [3.8, 4) is 0 Å². The van der Waals surface area contributed by atoms with Crippen LogP contribution in [0.3, 0.4) is 0 Å². The summed E-state index contributed by atoms with van der Waals surface area (Å²) in [4.78, 5) is 35.9. The number of rotatable bonds is 6. The zero-order valence-corrected chi connectivity index (χ0v) is 10.7. The molecule has 1 aliphatic heterocycles. The van der Waals surface area contributed by atoms with E-state index in [9.17, 15) is 14.4 Å². The molecule has 1 saturated heterocycles. The van der Waals surface area contributed by atoms with E-state index in [0.717, 1.165) is 4.90 Å². The molecule has 1 aliphatic rings. The van der Waals surface area contributed by atoms with Crippen molar-refractivity contribution in [3.05, 3.63) is 12.7 Å². The van der Waals surface area contributed by atoms with Gasteiger partial charge in [-0.05, 0) is 12.3 Å². The van der Waals surface area contributed by atoms with Crippen molar-refractivity contribution in [1.29, 1.82) is 0 Å². The third kappa shape index (κ3) is 3.58. The first-order valence-corrected chi connectivity index (χ1v) is 5.95. The predicted octanol–water partition coefficient (Wildman–Crippen LogP) is 0.255. The quantitative estimate of drug-likeness (QED) is 0.526. The number of hydrogen-bond acceptors (Lipinski definition) is 3.